The van der Waals surface area contributed by atoms with E-state index in [1.807, 2.05) is 0 Å². The molecule has 174 valence electrons. The van der Waals surface area contributed by atoms with E-state index in [0.717, 1.165) is 13.8 Å². The lowest BCUT2D eigenvalue weighted by Crippen LogP contribution is -2.75. The van der Waals surface area contributed by atoms with E-state index in [1.54, 1.807) is 6.92 Å². The molecule has 0 aromatic rings. The number of alkyl halides is 6. The third-order valence-electron chi connectivity index (χ3n) is 6.62. The summed E-state index contributed by atoms with van der Waals surface area (Å²) >= 11 is 0. The lowest BCUT2D eigenvalue weighted by Gasteiger charge is -2.52. The average molecular weight is 446 g/mol. The van der Waals surface area contributed by atoms with Crippen LogP contribution in [0.2, 0.25) is 0 Å². The van der Waals surface area contributed by atoms with Crippen LogP contribution in [0.15, 0.2) is 0 Å². The van der Waals surface area contributed by atoms with Gasteiger partial charge in [0.2, 0.25) is 0 Å². The topological polar surface area (TPSA) is 52.6 Å². The molecule has 0 aromatic carbocycles. The first-order chi connectivity index (χ1) is 13.4. The number of hydrogen-bond acceptors (Lipinski definition) is 4. The van der Waals surface area contributed by atoms with Crippen molar-refractivity contribution in [2.75, 3.05) is 0 Å². The summed E-state index contributed by atoms with van der Waals surface area (Å²) in [7, 11) is 0. The molecule has 2 bridgehead atoms. The molecule has 2 aliphatic rings. The molecule has 0 saturated heterocycles. The molecule has 2 saturated carbocycles. The largest absolute Gasteiger partial charge is 0.453 e. The highest BCUT2D eigenvalue weighted by Crippen LogP contribution is 2.65. The van der Waals surface area contributed by atoms with Crippen LogP contribution >= 0.6 is 0 Å². The summed E-state index contributed by atoms with van der Waals surface area (Å²) in [6, 6.07) is 0. The van der Waals surface area contributed by atoms with Crippen molar-refractivity contribution in [3.05, 3.63) is 0 Å². The molecule has 2 fully saturated rings. The van der Waals surface area contributed by atoms with Crippen molar-refractivity contribution in [1.29, 1.82) is 0 Å². The molecular weight excluding hydrogens is 418 g/mol. The maximum Gasteiger partial charge on any atom is 0.441 e. The van der Waals surface area contributed by atoms with E-state index < -0.39 is 65.1 Å². The first-order valence-corrected chi connectivity index (χ1v) is 10.0. The molecule has 0 aromatic heterocycles. The van der Waals surface area contributed by atoms with E-state index in [1.165, 1.54) is 13.8 Å². The summed E-state index contributed by atoms with van der Waals surface area (Å²) in [5.41, 5.74) is -9.30. The summed E-state index contributed by atoms with van der Waals surface area (Å²) in [5.74, 6) is -5.77. The Hall–Kier alpha value is -1.48. The molecule has 0 spiro atoms. The number of carbonyl (C=O) groups excluding carboxylic acids is 2. The van der Waals surface area contributed by atoms with Gasteiger partial charge in [0.05, 0.1) is 11.3 Å². The van der Waals surface area contributed by atoms with E-state index in [2.05, 4.69) is 4.74 Å². The van der Waals surface area contributed by atoms with Crippen LogP contribution in [-0.4, -0.2) is 35.5 Å². The highest BCUT2D eigenvalue weighted by atomic mass is 19.4. The van der Waals surface area contributed by atoms with Crippen LogP contribution < -0.4 is 0 Å². The summed E-state index contributed by atoms with van der Waals surface area (Å²) in [6.45, 7) is 6.63. The molecule has 3 unspecified atom stereocenters. The predicted octanol–water partition coefficient (Wildman–Crippen LogP) is 5.59. The Morgan fingerprint density at radius 3 is 1.90 bits per heavy atom. The zero-order valence-corrected chi connectivity index (χ0v) is 17.7. The number of halogens is 6. The Morgan fingerprint density at radius 2 is 1.57 bits per heavy atom. The maximum atomic E-state index is 14.4. The fraction of sp³-hybridized carbons (Fsp3) is 0.900. The molecule has 3 atom stereocenters. The minimum absolute atomic E-state index is 0.0254. The summed E-state index contributed by atoms with van der Waals surface area (Å²) in [5, 5.41) is 0. The quantitative estimate of drug-likeness (QED) is 0.394. The van der Waals surface area contributed by atoms with E-state index >= 15 is 0 Å². The van der Waals surface area contributed by atoms with Crippen molar-refractivity contribution in [3.63, 3.8) is 0 Å². The first kappa shape index (κ1) is 24.8. The molecule has 0 amide bonds. The van der Waals surface area contributed by atoms with Crippen LogP contribution in [0, 0.1) is 23.2 Å². The summed E-state index contributed by atoms with van der Waals surface area (Å²) in [6.07, 6.45) is -12.1. The van der Waals surface area contributed by atoms with Gasteiger partial charge in [-0.25, -0.2) is 0 Å². The van der Waals surface area contributed by atoms with Gasteiger partial charge in [0, 0.05) is 5.92 Å². The Bertz CT molecular complexity index is 668. The molecule has 30 heavy (non-hydrogen) atoms. The number of carbonyl (C=O) groups is 2. The van der Waals surface area contributed by atoms with Crippen molar-refractivity contribution < 1.29 is 45.4 Å². The van der Waals surface area contributed by atoms with Crippen molar-refractivity contribution in [3.8, 4) is 0 Å². The van der Waals surface area contributed by atoms with Gasteiger partial charge in [-0.15, -0.1) is 0 Å². The van der Waals surface area contributed by atoms with Crippen molar-refractivity contribution >= 4 is 11.9 Å². The molecule has 0 N–H and O–H groups in total. The molecule has 0 radical (unpaired) electrons. The Morgan fingerprint density at radius 1 is 1.03 bits per heavy atom. The lowest BCUT2D eigenvalue weighted by molar-refractivity contribution is -0.420. The van der Waals surface area contributed by atoms with E-state index in [-0.39, 0.29) is 19.3 Å². The Balaban J connectivity index is 2.77. The molecule has 0 aliphatic heterocycles. The maximum absolute atomic E-state index is 14.4. The van der Waals surface area contributed by atoms with Gasteiger partial charge < -0.3 is 9.47 Å². The fourth-order valence-corrected chi connectivity index (χ4v) is 4.47. The Kier molecular flexibility index (Phi) is 6.27. The van der Waals surface area contributed by atoms with Crippen molar-refractivity contribution in [2.24, 2.45) is 23.2 Å². The van der Waals surface area contributed by atoms with Crippen molar-refractivity contribution in [1.82, 2.24) is 0 Å². The summed E-state index contributed by atoms with van der Waals surface area (Å²) in [4.78, 5) is 24.9. The second kappa shape index (κ2) is 7.58. The van der Waals surface area contributed by atoms with Crippen LogP contribution in [0.5, 0.6) is 0 Å². The third kappa shape index (κ3) is 3.68. The molecule has 0 heterocycles. The molecule has 10 heteroatoms. The highest BCUT2D eigenvalue weighted by Gasteiger charge is 2.87. The van der Waals surface area contributed by atoms with Gasteiger partial charge in [0.15, 0.2) is 5.60 Å². The van der Waals surface area contributed by atoms with Gasteiger partial charge in [0.25, 0.3) is 0 Å². The van der Waals surface area contributed by atoms with Gasteiger partial charge in [0.1, 0.15) is 0 Å². The van der Waals surface area contributed by atoms with Crippen LogP contribution in [0.1, 0.15) is 66.7 Å². The van der Waals surface area contributed by atoms with Gasteiger partial charge in [-0.3, -0.25) is 9.59 Å². The Labute approximate surface area is 171 Å². The van der Waals surface area contributed by atoms with Crippen LogP contribution in [0.3, 0.4) is 0 Å². The lowest BCUT2D eigenvalue weighted by atomic mass is 9.69. The normalized spacial score (nSPS) is 27.5. The molecule has 2 rings (SSSR count). The highest BCUT2D eigenvalue weighted by molar-refractivity contribution is 5.77. The molecular formula is C20H28F6O4. The standard InChI is InChI=1S/C20H28F6O4/c1-6-16(4,5)15(28)30-17(10-12-7-8-13(17)9-12)18(19(21,22)23,20(24,25)26)29-14(27)11(2)3/h11-13H,6-10H2,1-5H3. The van der Waals surface area contributed by atoms with Gasteiger partial charge >= 0.3 is 29.9 Å². The van der Waals surface area contributed by atoms with E-state index in [9.17, 15) is 35.9 Å². The number of esters is 2. The van der Waals surface area contributed by atoms with Gasteiger partial charge in [-0.1, -0.05) is 20.8 Å². The van der Waals surface area contributed by atoms with Crippen LogP contribution in [0.4, 0.5) is 26.3 Å². The first-order valence-electron chi connectivity index (χ1n) is 10.0. The van der Waals surface area contributed by atoms with Gasteiger partial charge in [-0.05, 0) is 51.9 Å². The number of ether oxygens (including phenoxy) is 2. The average Bonchev–Trinajstić information content (AvgIpc) is 3.18. The zero-order chi connectivity index (χ0) is 23.3. The van der Waals surface area contributed by atoms with Crippen LogP contribution in [0.25, 0.3) is 0 Å². The monoisotopic (exact) mass is 446 g/mol. The van der Waals surface area contributed by atoms with Crippen LogP contribution in [-0.2, 0) is 19.1 Å². The number of fused-ring (bicyclic) bond motifs is 2. The molecule has 2 aliphatic carbocycles. The SMILES string of the molecule is CCC(C)(C)C(=O)OC1(C(OC(=O)C(C)C)(C(F)(F)F)C(F)(F)F)CC2CCC1C2. The van der Waals surface area contributed by atoms with Gasteiger partial charge in [-0.2, -0.15) is 26.3 Å². The fourth-order valence-electron chi connectivity index (χ4n) is 4.47. The summed E-state index contributed by atoms with van der Waals surface area (Å²) < 4.78 is 95.7. The minimum Gasteiger partial charge on any atom is -0.453 e. The number of hydrogen-bond donors (Lipinski definition) is 0. The third-order valence-corrected chi connectivity index (χ3v) is 6.62. The van der Waals surface area contributed by atoms with E-state index in [0.29, 0.717) is 6.42 Å². The second-order valence-electron chi connectivity index (χ2n) is 9.35. The van der Waals surface area contributed by atoms with E-state index in [4.69, 9.17) is 4.74 Å². The zero-order valence-electron chi connectivity index (χ0n) is 17.7. The molecule has 4 nitrogen and oxygen atoms in total. The number of rotatable bonds is 6. The second-order valence-corrected chi connectivity index (χ2v) is 9.35. The van der Waals surface area contributed by atoms with Crippen molar-refractivity contribution in [2.45, 2.75) is 90.3 Å². The smallest absolute Gasteiger partial charge is 0.441 e. The minimum atomic E-state index is -6.04. The predicted molar refractivity (Wildman–Crippen MR) is 94.1 cm³/mol.